The Bertz CT molecular complexity index is 517. The van der Waals surface area contributed by atoms with Crippen LogP contribution in [0, 0.1) is 0 Å². The number of imidazole rings is 1. The number of carbonyl (C=O) groups excluding carboxylic acids is 1. The molecule has 2 rings (SSSR count). The number of nitrogens with zero attached hydrogens (tertiary/aromatic N) is 1. The minimum Gasteiger partial charge on any atom is -0.347 e. The maximum absolute atomic E-state index is 12.2. The maximum atomic E-state index is 12.2. The van der Waals surface area contributed by atoms with Crippen LogP contribution in [0.3, 0.4) is 0 Å². The van der Waals surface area contributed by atoms with Gasteiger partial charge in [0.15, 0.2) is 0 Å². The van der Waals surface area contributed by atoms with Gasteiger partial charge in [-0.2, -0.15) is 0 Å². The van der Waals surface area contributed by atoms with Crippen LogP contribution < -0.4 is 5.32 Å². The molecule has 0 spiro atoms. The lowest BCUT2D eigenvalue weighted by atomic mass is 10.1. The van der Waals surface area contributed by atoms with E-state index in [2.05, 4.69) is 22.2 Å². The van der Waals surface area contributed by atoms with Gasteiger partial charge < -0.3 is 10.3 Å². The molecule has 0 saturated heterocycles. The van der Waals surface area contributed by atoms with Gasteiger partial charge in [0.1, 0.15) is 5.82 Å². The van der Waals surface area contributed by atoms with E-state index >= 15 is 0 Å². The first kappa shape index (κ1) is 13.3. The summed E-state index contributed by atoms with van der Waals surface area (Å²) in [7, 11) is 0. The Morgan fingerprint density at radius 1 is 1.32 bits per heavy atom. The fraction of sp³-hybridized carbons (Fsp3) is 0.333. The summed E-state index contributed by atoms with van der Waals surface area (Å²) in [6.07, 6.45) is 5.23. The van der Waals surface area contributed by atoms with Gasteiger partial charge in [-0.15, -0.1) is 0 Å². The van der Waals surface area contributed by atoms with Gasteiger partial charge >= 0.3 is 0 Å². The molecule has 4 heteroatoms. The van der Waals surface area contributed by atoms with Crippen molar-refractivity contribution in [1.82, 2.24) is 15.3 Å². The van der Waals surface area contributed by atoms with Gasteiger partial charge in [0.25, 0.3) is 5.91 Å². The molecule has 2 aromatic rings. The van der Waals surface area contributed by atoms with Crippen LogP contribution in [-0.2, 0) is 6.42 Å². The molecular weight excluding hydrogens is 238 g/mol. The van der Waals surface area contributed by atoms with E-state index in [1.807, 2.05) is 31.2 Å². The second kappa shape index (κ2) is 6.18. The summed E-state index contributed by atoms with van der Waals surface area (Å²) in [6.45, 7) is 4.12. The number of aromatic nitrogens is 2. The molecule has 2 N–H and O–H groups in total. The van der Waals surface area contributed by atoms with Crippen molar-refractivity contribution in [3.8, 4) is 0 Å². The van der Waals surface area contributed by atoms with Crippen molar-refractivity contribution in [3.63, 3.8) is 0 Å². The zero-order valence-corrected chi connectivity index (χ0v) is 11.3. The summed E-state index contributed by atoms with van der Waals surface area (Å²) in [5.74, 6) is 0.729. The molecule has 0 aliphatic rings. The summed E-state index contributed by atoms with van der Waals surface area (Å²) in [4.78, 5) is 19.4. The highest BCUT2D eigenvalue weighted by molar-refractivity contribution is 5.94. The number of aromatic amines is 1. The van der Waals surface area contributed by atoms with E-state index in [1.165, 1.54) is 5.56 Å². The fourth-order valence-corrected chi connectivity index (χ4v) is 1.97. The predicted molar refractivity (Wildman–Crippen MR) is 74.9 cm³/mol. The lowest BCUT2D eigenvalue weighted by Crippen LogP contribution is -2.28. The standard InChI is InChI=1S/C15H19N3O/c1-3-11-5-7-12(8-6-11)15(19)18-13(4-2)14-16-9-10-17-14/h5-10,13H,3-4H2,1-2H3,(H,16,17)(H,18,19). The highest BCUT2D eigenvalue weighted by Crippen LogP contribution is 2.13. The number of aryl methyl sites for hydroxylation is 1. The third kappa shape index (κ3) is 3.22. The van der Waals surface area contributed by atoms with E-state index in [-0.39, 0.29) is 11.9 Å². The molecule has 1 atom stereocenters. The Hall–Kier alpha value is -2.10. The molecule has 1 heterocycles. The van der Waals surface area contributed by atoms with Crippen molar-refractivity contribution in [2.24, 2.45) is 0 Å². The van der Waals surface area contributed by atoms with E-state index in [0.29, 0.717) is 5.56 Å². The normalized spacial score (nSPS) is 12.1. The Morgan fingerprint density at radius 3 is 2.58 bits per heavy atom. The second-order valence-corrected chi connectivity index (χ2v) is 4.46. The van der Waals surface area contributed by atoms with Gasteiger partial charge in [-0.05, 0) is 30.5 Å². The minimum atomic E-state index is -0.0756. The van der Waals surface area contributed by atoms with Gasteiger partial charge in [-0.3, -0.25) is 4.79 Å². The maximum Gasteiger partial charge on any atom is 0.251 e. The Labute approximate surface area is 113 Å². The smallest absolute Gasteiger partial charge is 0.251 e. The van der Waals surface area contributed by atoms with E-state index in [0.717, 1.165) is 18.7 Å². The van der Waals surface area contributed by atoms with Crippen LogP contribution in [0.1, 0.15) is 48.1 Å². The lowest BCUT2D eigenvalue weighted by molar-refractivity contribution is 0.0934. The second-order valence-electron chi connectivity index (χ2n) is 4.46. The summed E-state index contributed by atoms with van der Waals surface area (Å²) in [5.41, 5.74) is 1.91. The van der Waals surface area contributed by atoms with Crippen LogP contribution in [0.2, 0.25) is 0 Å². The minimum absolute atomic E-state index is 0.0640. The fourth-order valence-electron chi connectivity index (χ4n) is 1.97. The third-order valence-corrected chi connectivity index (χ3v) is 3.19. The highest BCUT2D eigenvalue weighted by Gasteiger charge is 2.15. The topological polar surface area (TPSA) is 57.8 Å². The Kier molecular flexibility index (Phi) is 4.34. The van der Waals surface area contributed by atoms with Crippen molar-refractivity contribution in [2.45, 2.75) is 32.7 Å². The van der Waals surface area contributed by atoms with Crippen molar-refractivity contribution in [3.05, 3.63) is 53.6 Å². The van der Waals surface area contributed by atoms with E-state index in [1.54, 1.807) is 12.4 Å². The number of hydrogen-bond donors (Lipinski definition) is 2. The van der Waals surface area contributed by atoms with Crippen molar-refractivity contribution < 1.29 is 4.79 Å². The lowest BCUT2D eigenvalue weighted by Gasteiger charge is -2.14. The van der Waals surface area contributed by atoms with Crippen LogP contribution in [0.15, 0.2) is 36.7 Å². The number of H-pyrrole nitrogens is 1. The van der Waals surface area contributed by atoms with Crippen LogP contribution in [0.4, 0.5) is 0 Å². The van der Waals surface area contributed by atoms with Crippen LogP contribution in [0.5, 0.6) is 0 Å². The number of carbonyl (C=O) groups is 1. The average molecular weight is 257 g/mol. The summed E-state index contributed by atoms with van der Waals surface area (Å²) in [5, 5.41) is 2.99. The summed E-state index contributed by atoms with van der Waals surface area (Å²) in [6, 6.07) is 7.63. The number of nitrogens with one attached hydrogen (secondary N) is 2. The molecule has 0 aliphatic carbocycles. The molecule has 1 unspecified atom stereocenters. The highest BCUT2D eigenvalue weighted by atomic mass is 16.1. The Morgan fingerprint density at radius 2 is 2.05 bits per heavy atom. The molecule has 0 fully saturated rings. The molecule has 1 amide bonds. The van der Waals surface area contributed by atoms with E-state index in [4.69, 9.17) is 0 Å². The summed E-state index contributed by atoms with van der Waals surface area (Å²) < 4.78 is 0. The van der Waals surface area contributed by atoms with Crippen molar-refractivity contribution in [1.29, 1.82) is 0 Å². The number of amides is 1. The molecule has 1 aromatic carbocycles. The first-order valence-electron chi connectivity index (χ1n) is 6.63. The van der Waals surface area contributed by atoms with Crippen molar-refractivity contribution >= 4 is 5.91 Å². The first-order valence-corrected chi connectivity index (χ1v) is 6.63. The van der Waals surface area contributed by atoms with Crippen LogP contribution in [0.25, 0.3) is 0 Å². The molecule has 0 aliphatic heterocycles. The molecule has 4 nitrogen and oxygen atoms in total. The van der Waals surface area contributed by atoms with Crippen molar-refractivity contribution in [2.75, 3.05) is 0 Å². The zero-order chi connectivity index (χ0) is 13.7. The quantitative estimate of drug-likeness (QED) is 0.865. The van der Waals surface area contributed by atoms with E-state index in [9.17, 15) is 4.79 Å². The molecular formula is C15H19N3O. The largest absolute Gasteiger partial charge is 0.347 e. The van der Waals surface area contributed by atoms with Gasteiger partial charge in [0.2, 0.25) is 0 Å². The predicted octanol–water partition coefficient (Wildman–Crippen LogP) is 2.85. The first-order chi connectivity index (χ1) is 9.24. The number of benzene rings is 1. The number of rotatable bonds is 5. The SMILES string of the molecule is CCc1ccc(C(=O)NC(CC)c2ncc[nH]2)cc1. The molecule has 1 aromatic heterocycles. The van der Waals surface area contributed by atoms with Gasteiger partial charge in [0, 0.05) is 18.0 Å². The zero-order valence-electron chi connectivity index (χ0n) is 11.3. The average Bonchev–Trinajstić information content (AvgIpc) is 2.98. The third-order valence-electron chi connectivity index (χ3n) is 3.19. The molecule has 0 bridgehead atoms. The van der Waals surface area contributed by atoms with E-state index < -0.39 is 0 Å². The van der Waals surface area contributed by atoms with Gasteiger partial charge in [-0.1, -0.05) is 26.0 Å². The van der Waals surface area contributed by atoms with Gasteiger partial charge in [0.05, 0.1) is 6.04 Å². The van der Waals surface area contributed by atoms with Crippen LogP contribution in [-0.4, -0.2) is 15.9 Å². The van der Waals surface area contributed by atoms with Crippen LogP contribution >= 0.6 is 0 Å². The number of hydrogen-bond acceptors (Lipinski definition) is 2. The summed E-state index contributed by atoms with van der Waals surface area (Å²) >= 11 is 0. The monoisotopic (exact) mass is 257 g/mol. The molecule has 100 valence electrons. The molecule has 0 saturated carbocycles. The molecule has 19 heavy (non-hydrogen) atoms. The van der Waals surface area contributed by atoms with Gasteiger partial charge in [-0.25, -0.2) is 4.98 Å². The Balaban J connectivity index is 2.06. The molecule has 0 radical (unpaired) electrons.